The van der Waals surface area contributed by atoms with Crippen LogP contribution in [0.25, 0.3) is 0 Å². The van der Waals surface area contributed by atoms with E-state index in [4.69, 9.17) is 5.73 Å². The zero-order chi connectivity index (χ0) is 12.7. The topological polar surface area (TPSA) is 46.3 Å². The van der Waals surface area contributed by atoms with E-state index in [9.17, 15) is 4.79 Å². The number of carbonyl (C=O) groups excluding carboxylic acids is 1. The molecule has 0 aromatic heterocycles. The third-order valence-corrected chi connectivity index (χ3v) is 4.21. The van der Waals surface area contributed by atoms with Crippen LogP contribution in [0.5, 0.6) is 0 Å². The Hall–Kier alpha value is -1.35. The summed E-state index contributed by atoms with van der Waals surface area (Å²) in [4.78, 5) is 14.2. The Kier molecular flexibility index (Phi) is 2.86. The molecule has 1 aromatic carbocycles. The number of amides is 1. The van der Waals surface area contributed by atoms with E-state index in [2.05, 4.69) is 19.1 Å². The Morgan fingerprint density at radius 3 is 3.06 bits per heavy atom. The first-order valence-corrected chi connectivity index (χ1v) is 6.91. The number of benzene rings is 1. The minimum Gasteiger partial charge on any atom is -0.324 e. The molecule has 2 atom stereocenters. The number of rotatable bonds is 3. The summed E-state index contributed by atoms with van der Waals surface area (Å²) in [6.07, 6.45) is 3.75. The fourth-order valence-corrected chi connectivity index (χ4v) is 3.33. The molecular weight excluding hydrogens is 224 g/mol. The lowest BCUT2D eigenvalue weighted by atomic mass is 9.91. The van der Waals surface area contributed by atoms with Crippen molar-refractivity contribution in [2.24, 2.45) is 5.73 Å². The van der Waals surface area contributed by atoms with Gasteiger partial charge in [-0.25, -0.2) is 0 Å². The first-order valence-electron chi connectivity index (χ1n) is 6.91. The van der Waals surface area contributed by atoms with Gasteiger partial charge in [-0.15, -0.1) is 0 Å². The van der Waals surface area contributed by atoms with Crippen LogP contribution in [-0.2, 0) is 4.79 Å². The summed E-state index contributed by atoms with van der Waals surface area (Å²) >= 11 is 0. The smallest absolute Gasteiger partial charge is 0.227 e. The van der Waals surface area contributed by atoms with Gasteiger partial charge in [-0.1, -0.05) is 25.5 Å². The molecule has 1 heterocycles. The van der Waals surface area contributed by atoms with E-state index < -0.39 is 0 Å². The standard InChI is InChI=1S/C15H20N2O/c1-2-3-7-17-13-6-4-5-11-12(16)8-10(15(11)13)9-14(17)18/h4-6,10,12H,2-3,7-9,16H2,1H3. The van der Waals surface area contributed by atoms with Gasteiger partial charge in [0.1, 0.15) is 0 Å². The molecule has 0 fully saturated rings. The van der Waals surface area contributed by atoms with Gasteiger partial charge in [-0.3, -0.25) is 4.79 Å². The van der Waals surface area contributed by atoms with Crippen LogP contribution in [0, 0.1) is 0 Å². The summed E-state index contributed by atoms with van der Waals surface area (Å²) in [5, 5.41) is 0. The van der Waals surface area contributed by atoms with Crippen molar-refractivity contribution in [3.63, 3.8) is 0 Å². The predicted octanol–water partition coefficient (Wildman–Crippen LogP) is 2.71. The quantitative estimate of drug-likeness (QED) is 0.888. The molecule has 3 rings (SSSR count). The highest BCUT2D eigenvalue weighted by Gasteiger charge is 2.38. The van der Waals surface area contributed by atoms with Gasteiger partial charge in [0, 0.05) is 24.7 Å². The average molecular weight is 244 g/mol. The third kappa shape index (κ3) is 1.65. The summed E-state index contributed by atoms with van der Waals surface area (Å²) in [6, 6.07) is 6.35. The van der Waals surface area contributed by atoms with Crippen LogP contribution in [0.4, 0.5) is 5.69 Å². The molecule has 2 unspecified atom stereocenters. The highest BCUT2D eigenvalue weighted by molar-refractivity contribution is 5.97. The molecule has 0 saturated heterocycles. The first kappa shape index (κ1) is 11.7. The number of nitrogens with zero attached hydrogens (tertiary/aromatic N) is 1. The Bertz CT molecular complexity index is 483. The molecule has 0 radical (unpaired) electrons. The maximum atomic E-state index is 12.2. The lowest BCUT2D eigenvalue weighted by Gasteiger charge is -2.32. The van der Waals surface area contributed by atoms with Crippen molar-refractivity contribution in [3.05, 3.63) is 29.3 Å². The normalized spacial score (nSPS) is 25.4. The summed E-state index contributed by atoms with van der Waals surface area (Å²) in [5.41, 5.74) is 9.89. The van der Waals surface area contributed by atoms with E-state index in [1.54, 1.807) is 0 Å². The molecule has 96 valence electrons. The molecule has 0 spiro atoms. The van der Waals surface area contributed by atoms with Crippen LogP contribution in [0.15, 0.2) is 18.2 Å². The monoisotopic (exact) mass is 244 g/mol. The molecule has 3 heteroatoms. The summed E-state index contributed by atoms with van der Waals surface area (Å²) < 4.78 is 0. The third-order valence-electron chi connectivity index (χ3n) is 4.21. The zero-order valence-electron chi connectivity index (χ0n) is 10.9. The van der Waals surface area contributed by atoms with Crippen molar-refractivity contribution in [1.82, 2.24) is 0 Å². The Morgan fingerprint density at radius 1 is 1.44 bits per heavy atom. The van der Waals surface area contributed by atoms with E-state index in [0.717, 1.165) is 31.5 Å². The molecular formula is C15H20N2O. The van der Waals surface area contributed by atoms with E-state index in [0.29, 0.717) is 12.3 Å². The summed E-state index contributed by atoms with van der Waals surface area (Å²) in [5.74, 6) is 0.628. The van der Waals surface area contributed by atoms with Gasteiger partial charge < -0.3 is 10.6 Å². The van der Waals surface area contributed by atoms with Crippen molar-refractivity contribution in [2.45, 2.75) is 44.6 Å². The Morgan fingerprint density at radius 2 is 2.28 bits per heavy atom. The van der Waals surface area contributed by atoms with Crippen LogP contribution < -0.4 is 10.6 Å². The van der Waals surface area contributed by atoms with Gasteiger partial charge >= 0.3 is 0 Å². The number of hydrogen-bond donors (Lipinski definition) is 1. The molecule has 1 aliphatic heterocycles. The molecule has 3 nitrogen and oxygen atoms in total. The maximum absolute atomic E-state index is 12.2. The van der Waals surface area contributed by atoms with Crippen molar-refractivity contribution in [3.8, 4) is 0 Å². The molecule has 18 heavy (non-hydrogen) atoms. The molecule has 1 aliphatic carbocycles. The molecule has 2 N–H and O–H groups in total. The largest absolute Gasteiger partial charge is 0.324 e. The molecule has 2 aliphatic rings. The highest BCUT2D eigenvalue weighted by Crippen LogP contribution is 2.48. The van der Waals surface area contributed by atoms with Crippen molar-refractivity contribution < 1.29 is 4.79 Å². The van der Waals surface area contributed by atoms with E-state index in [1.807, 2.05) is 11.0 Å². The van der Waals surface area contributed by atoms with Crippen LogP contribution in [0.3, 0.4) is 0 Å². The number of nitrogens with two attached hydrogens (primary N) is 1. The molecule has 0 saturated carbocycles. The minimum atomic E-state index is 0.115. The van der Waals surface area contributed by atoms with E-state index in [-0.39, 0.29) is 11.9 Å². The van der Waals surface area contributed by atoms with E-state index >= 15 is 0 Å². The Labute approximate surface area is 108 Å². The molecule has 1 amide bonds. The van der Waals surface area contributed by atoms with Crippen LogP contribution in [0.1, 0.15) is 55.7 Å². The second-order valence-corrected chi connectivity index (χ2v) is 5.42. The second-order valence-electron chi connectivity index (χ2n) is 5.42. The van der Waals surface area contributed by atoms with Crippen LogP contribution >= 0.6 is 0 Å². The van der Waals surface area contributed by atoms with Gasteiger partial charge in [-0.2, -0.15) is 0 Å². The molecule has 1 aromatic rings. The summed E-state index contributed by atoms with van der Waals surface area (Å²) in [6.45, 7) is 3.00. The van der Waals surface area contributed by atoms with Gasteiger partial charge in [0.25, 0.3) is 0 Å². The minimum absolute atomic E-state index is 0.115. The van der Waals surface area contributed by atoms with E-state index in [1.165, 1.54) is 11.1 Å². The fraction of sp³-hybridized carbons (Fsp3) is 0.533. The predicted molar refractivity (Wildman–Crippen MR) is 72.6 cm³/mol. The van der Waals surface area contributed by atoms with Crippen molar-refractivity contribution >= 4 is 11.6 Å². The van der Waals surface area contributed by atoms with Crippen molar-refractivity contribution in [2.75, 3.05) is 11.4 Å². The highest BCUT2D eigenvalue weighted by atomic mass is 16.2. The van der Waals surface area contributed by atoms with Crippen LogP contribution in [-0.4, -0.2) is 12.5 Å². The van der Waals surface area contributed by atoms with Gasteiger partial charge in [0.05, 0.1) is 0 Å². The lowest BCUT2D eigenvalue weighted by Crippen LogP contribution is -2.36. The fourth-order valence-electron chi connectivity index (χ4n) is 3.33. The zero-order valence-corrected chi connectivity index (χ0v) is 10.9. The Balaban J connectivity index is 2.03. The number of unbranched alkanes of at least 4 members (excludes halogenated alkanes) is 1. The number of carbonyl (C=O) groups is 1. The summed E-state index contributed by atoms with van der Waals surface area (Å²) in [7, 11) is 0. The number of hydrogen-bond acceptors (Lipinski definition) is 2. The van der Waals surface area contributed by atoms with Crippen molar-refractivity contribution in [1.29, 1.82) is 0 Å². The average Bonchev–Trinajstić information content (AvgIpc) is 2.67. The lowest BCUT2D eigenvalue weighted by molar-refractivity contribution is -0.119. The second kappa shape index (κ2) is 4.39. The number of anilines is 1. The first-order chi connectivity index (χ1) is 8.72. The van der Waals surface area contributed by atoms with Gasteiger partial charge in [0.15, 0.2) is 0 Å². The van der Waals surface area contributed by atoms with Crippen LogP contribution in [0.2, 0.25) is 0 Å². The van der Waals surface area contributed by atoms with Gasteiger partial charge in [0.2, 0.25) is 5.91 Å². The van der Waals surface area contributed by atoms with Gasteiger partial charge in [-0.05, 0) is 36.0 Å². The molecule has 0 bridgehead atoms. The SMILES string of the molecule is CCCCN1C(=O)CC2CC(N)c3cccc1c32. The maximum Gasteiger partial charge on any atom is 0.227 e.